The van der Waals surface area contributed by atoms with E-state index in [2.05, 4.69) is 182 Å². The summed E-state index contributed by atoms with van der Waals surface area (Å²) in [4.78, 5) is 10.8. The molecule has 0 saturated heterocycles. The summed E-state index contributed by atoms with van der Waals surface area (Å²) in [7, 11) is 0. The fourth-order valence-electron chi connectivity index (χ4n) is 9.38. The Labute approximate surface area is 321 Å². The van der Waals surface area contributed by atoms with Crippen molar-refractivity contribution in [3.8, 4) is 39.5 Å². The van der Waals surface area contributed by atoms with E-state index in [1.165, 1.54) is 75.1 Å². The van der Waals surface area contributed by atoms with Gasteiger partial charge in [-0.1, -0.05) is 141 Å². The third kappa shape index (κ3) is 4.31. The van der Waals surface area contributed by atoms with Crippen molar-refractivity contribution in [3.63, 3.8) is 0 Å². The first-order chi connectivity index (χ1) is 27.0. The van der Waals surface area contributed by atoms with E-state index in [9.17, 15) is 0 Å². The number of benzene rings is 8. The molecule has 0 spiro atoms. The second kappa shape index (κ2) is 11.2. The van der Waals surface area contributed by atoms with Crippen molar-refractivity contribution >= 4 is 75.0 Å². The van der Waals surface area contributed by atoms with Gasteiger partial charge in [0.2, 0.25) is 5.95 Å². The maximum absolute atomic E-state index is 5.52. The second-order valence-electron chi connectivity index (χ2n) is 15.3. The molecule has 3 aromatic heterocycles. The molecular weight excluding hydrogens is 687 g/mol. The molecule has 55 heavy (non-hydrogen) atoms. The van der Waals surface area contributed by atoms with Crippen LogP contribution in [0, 0.1) is 0 Å². The molecule has 3 nitrogen and oxygen atoms in total. The third-order valence-corrected chi connectivity index (χ3v) is 13.2. The summed E-state index contributed by atoms with van der Waals surface area (Å²) in [6.07, 6.45) is 0. The predicted octanol–water partition coefficient (Wildman–Crippen LogP) is 13.9. The lowest BCUT2D eigenvalue weighted by atomic mass is 9.82. The molecule has 258 valence electrons. The van der Waals surface area contributed by atoms with E-state index in [1.54, 1.807) is 0 Å². The van der Waals surface area contributed by atoms with Crippen LogP contribution in [0.2, 0.25) is 0 Å². The number of nitrogens with zero attached hydrogens (tertiary/aromatic N) is 3. The zero-order chi connectivity index (χ0) is 36.4. The average Bonchev–Trinajstić information content (AvgIpc) is 3.86. The number of hydrogen-bond acceptors (Lipinski definition) is 3. The lowest BCUT2D eigenvalue weighted by molar-refractivity contribution is 0.660. The second-order valence-corrected chi connectivity index (χ2v) is 16.4. The molecule has 0 aliphatic heterocycles. The van der Waals surface area contributed by atoms with Gasteiger partial charge >= 0.3 is 0 Å². The normalized spacial score (nSPS) is 13.4. The van der Waals surface area contributed by atoms with Crippen LogP contribution in [0.25, 0.3) is 103 Å². The number of para-hydroxylation sites is 1. The van der Waals surface area contributed by atoms with Gasteiger partial charge in [0, 0.05) is 47.3 Å². The third-order valence-electron chi connectivity index (χ3n) is 12.0. The number of rotatable bonds is 3. The van der Waals surface area contributed by atoms with E-state index in [0.29, 0.717) is 5.95 Å². The van der Waals surface area contributed by atoms with Crippen LogP contribution < -0.4 is 0 Å². The molecule has 0 amide bonds. The molecule has 4 heteroatoms. The Morgan fingerprint density at radius 1 is 0.491 bits per heavy atom. The average molecular weight is 720 g/mol. The van der Waals surface area contributed by atoms with Crippen LogP contribution in [0.3, 0.4) is 0 Å². The Balaban J connectivity index is 1.12. The molecule has 0 fully saturated rings. The highest BCUT2D eigenvalue weighted by atomic mass is 32.1. The van der Waals surface area contributed by atoms with E-state index in [1.807, 2.05) is 11.3 Å². The standard InChI is InChI=1S/C51H33N3S/c1-51(2)41-19-8-5-14-35(41)36-25-22-32(29-42(36)51)48-39-16-6-9-20-43(39)52-50(53-48)54-44-26-24-31(28-40(44)47-33-13-4-3-12-30(33)23-27-45(47)54)34-17-11-18-38-37-15-7-10-21-46(37)55-49(34)38/h3-29H,1-2H3. The van der Waals surface area contributed by atoms with Gasteiger partial charge in [-0.25, -0.2) is 9.97 Å². The quantitative estimate of drug-likeness (QED) is 0.182. The smallest absolute Gasteiger partial charge is 0.235 e. The van der Waals surface area contributed by atoms with E-state index in [0.717, 1.165) is 33.2 Å². The first kappa shape index (κ1) is 30.8. The highest BCUT2D eigenvalue weighted by molar-refractivity contribution is 7.26. The van der Waals surface area contributed by atoms with Gasteiger partial charge in [-0.15, -0.1) is 11.3 Å². The van der Waals surface area contributed by atoms with Gasteiger partial charge in [0.1, 0.15) is 0 Å². The lowest BCUT2D eigenvalue weighted by Crippen LogP contribution is -2.15. The SMILES string of the molecule is CC1(C)c2ccccc2-c2ccc(-c3nc(-n4c5ccc(-c6cccc7c6sc6ccccc67)cc5c5c6ccccc6ccc54)nc4ccccc34)cc21. The molecule has 0 radical (unpaired) electrons. The van der Waals surface area contributed by atoms with Crippen LogP contribution in [0.15, 0.2) is 164 Å². The van der Waals surface area contributed by atoms with E-state index < -0.39 is 0 Å². The molecular formula is C51H33N3S. The molecule has 0 bridgehead atoms. The maximum atomic E-state index is 5.52. The van der Waals surface area contributed by atoms with E-state index >= 15 is 0 Å². The van der Waals surface area contributed by atoms with Crippen molar-refractivity contribution in [1.82, 2.24) is 14.5 Å². The topological polar surface area (TPSA) is 30.7 Å². The van der Waals surface area contributed by atoms with Crippen molar-refractivity contribution in [3.05, 3.63) is 175 Å². The Bertz CT molecular complexity index is 3420. The summed E-state index contributed by atoms with van der Waals surface area (Å²) < 4.78 is 4.92. The van der Waals surface area contributed by atoms with Crippen molar-refractivity contribution in [1.29, 1.82) is 0 Å². The summed E-state index contributed by atoms with van der Waals surface area (Å²) in [6, 6.07) is 59.8. The van der Waals surface area contributed by atoms with Gasteiger partial charge in [0.25, 0.3) is 0 Å². The molecule has 0 N–H and O–H groups in total. The fraction of sp³-hybridized carbons (Fsp3) is 0.0588. The van der Waals surface area contributed by atoms with E-state index in [4.69, 9.17) is 9.97 Å². The van der Waals surface area contributed by atoms with Crippen LogP contribution in [0.4, 0.5) is 0 Å². The highest BCUT2D eigenvalue weighted by Crippen LogP contribution is 2.50. The summed E-state index contributed by atoms with van der Waals surface area (Å²) >= 11 is 1.88. The van der Waals surface area contributed by atoms with Gasteiger partial charge in [0.15, 0.2) is 0 Å². The minimum atomic E-state index is -0.112. The molecule has 1 aliphatic carbocycles. The van der Waals surface area contributed by atoms with Crippen molar-refractivity contribution in [2.75, 3.05) is 0 Å². The van der Waals surface area contributed by atoms with Crippen LogP contribution in [0.5, 0.6) is 0 Å². The number of aromatic nitrogens is 3. The van der Waals surface area contributed by atoms with Gasteiger partial charge < -0.3 is 0 Å². The van der Waals surface area contributed by atoms with Gasteiger partial charge in [0.05, 0.1) is 22.2 Å². The molecule has 12 rings (SSSR count). The Morgan fingerprint density at radius 2 is 1.20 bits per heavy atom. The highest BCUT2D eigenvalue weighted by Gasteiger charge is 2.35. The Kier molecular flexibility index (Phi) is 6.27. The zero-order valence-electron chi connectivity index (χ0n) is 30.3. The van der Waals surface area contributed by atoms with Crippen LogP contribution in [0.1, 0.15) is 25.0 Å². The van der Waals surface area contributed by atoms with Crippen molar-refractivity contribution in [2.45, 2.75) is 19.3 Å². The molecule has 11 aromatic rings. The van der Waals surface area contributed by atoms with Crippen LogP contribution >= 0.6 is 11.3 Å². The molecule has 3 heterocycles. The first-order valence-corrected chi connectivity index (χ1v) is 19.7. The van der Waals surface area contributed by atoms with Crippen molar-refractivity contribution in [2.24, 2.45) is 0 Å². The first-order valence-electron chi connectivity index (χ1n) is 18.9. The largest absolute Gasteiger partial charge is 0.278 e. The van der Waals surface area contributed by atoms with Gasteiger partial charge in [-0.2, -0.15) is 0 Å². The summed E-state index contributed by atoms with van der Waals surface area (Å²) in [5.74, 6) is 0.673. The summed E-state index contributed by atoms with van der Waals surface area (Å²) in [6.45, 7) is 4.67. The summed E-state index contributed by atoms with van der Waals surface area (Å²) in [5.41, 5.74) is 12.8. The number of thiophene rings is 1. The van der Waals surface area contributed by atoms with Crippen LogP contribution in [-0.4, -0.2) is 14.5 Å². The number of hydrogen-bond donors (Lipinski definition) is 0. The summed E-state index contributed by atoms with van der Waals surface area (Å²) in [5, 5.41) is 8.52. The monoisotopic (exact) mass is 719 g/mol. The molecule has 8 aromatic carbocycles. The van der Waals surface area contributed by atoms with Gasteiger partial charge in [-0.05, 0) is 80.6 Å². The fourth-order valence-corrected chi connectivity index (χ4v) is 10.6. The molecule has 0 unspecified atom stereocenters. The Hall–Kier alpha value is -6.62. The Morgan fingerprint density at radius 3 is 2.13 bits per heavy atom. The molecule has 1 aliphatic rings. The minimum Gasteiger partial charge on any atom is -0.278 e. The predicted molar refractivity (Wildman–Crippen MR) is 233 cm³/mol. The van der Waals surface area contributed by atoms with E-state index in [-0.39, 0.29) is 5.41 Å². The number of fused-ring (bicyclic) bond motifs is 12. The molecule has 0 saturated carbocycles. The van der Waals surface area contributed by atoms with Crippen molar-refractivity contribution < 1.29 is 0 Å². The lowest BCUT2D eigenvalue weighted by Gasteiger charge is -2.22. The van der Waals surface area contributed by atoms with Crippen LogP contribution in [-0.2, 0) is 5.41 Å². The minimum absolute atomic E-state index is 0.112. The molecule has 0 atom stereocenters. The zero-order valence-corrected chi connectivity index (χ0v) is 31.2. The van der Waals surface area contributed by atoms with Gasteiger partial charge in [-0.3, -0.25) is 4.57 Å². The maximum Gasteiger partial charge on any atom is 0.235 e.